The Balaban J connectivity index is 1.78. The van der Waals surface area contributed by atoms with Gasteiger partial charge in [0.2, 0.25) is 5.89 Å². The molecule has 15 heavy (non-hydrogen) atoms. The Kier molecular flexibility index (Phi) is 2.24. The van der Waals surface area contributed by atoms with Gasteiger partial charge < -0.3 is 10.3 Å². The summed E-state index contributed by atoms with van der Waals surface area (Å²) in [4.78, 5) is 4.49. The van der Waals surface area contributed by atoms with E-state index >= 15 is 0 Å². The summed E-state index contributed by atoms with van der Waals surface area (Å²) in [7, 11) is 0. The Morgan fingerprint density at radius 1 is 1.13 bits per heavy atom. The molecule has 2 N–H and O–H groups in total. The molecule has 0 bridgehead atoms. The van der Waals surface area contributed by atoms with Gasteiger partial charge in [-0.05, 0) is 25.7 Å². The molecule has 0 aromatic carbocycles. The summed E-state index contributed by atoms with van der Waals surface area (Å²) in [5, 5.41) is 4.05. The maximum Gasteiger partial charge on any atom is 0.231 e. The first-order chi connectivity index (χ1) is 7.34. The molecule has 1 heterocycles. The molecular weight excluding hydrogens is 190 g/mol. The average molecular weight is 207 g/mol. The number of nitrogens with two attached hydrogens (primary N) is 1. The minimum Gasteiger partial charge on any atom is -0.339 e. The quantitative estimate of drug-likeness (QED) is 0.804. The summed E-state index contributed by atoms with van der Waals surface area (Å²) in [6.45, 7) is 0. The number of rotatable bonds is 2. The molecule has 1 aromatic heterocycles. The van der Waals surface area contributed by atoms with E-state index in [1.54, 1.807) is 0 Å². The fraction of sp³-hybridized carbons (Fsp3) is 0.818. The van der Waals surface area contributed by atoms with E-state index in [-0.39, 0.29) is 6.04 Å². The minimum atomic E-state index is 0.214. The molecule has 1 aromatic rings. The third-order valence-corrected chi connectivity index (χ3v) is 3.54. The lowest BCUT2D eigenvalue weighted by molar-refractivity contribution is 0.289. The lowest BCUT2D eigenvalue weighted by Gasteiger charge is -2.25. The van der Waals surface area contributed by atoms with Gasteiger partial charge in [0.15, 0.2) is 5.82 Å². The highest BCUT2D eigenvalue weighted by atomic mass is 16.5. The van der Waals surface area contributed by atoms with E-state index in [0.717, 1.165) is 24.6 Å². The lowest BCUT2D eigenvalue weighted by Crippen LogP contribution is -2.31. The van der Waals surface area contributed by atoms with Gasteiger partial charge in [-0.15, -0.1) is 0 Å². The summed E-state index contributed by atoms with van der Waals surface area (Å²) in [6.07, 6.45) is 7.10. The number of hydrogen-bond acceptors (Lipinski definition) is 4. The topological polar surface area (TPSA) is 64.9 Å². The van der Waals surface area contributed by atoms with Crippen LogP contribution in [0.25, 0.3) is 0 Å². The molecule has 2 atom stereocenters. The molecule has 0 aliphatic heterocycles. The summed E-state index contributed by atoms with van der Waals surface area (Å²) in [5.41, 5.74) is 6.08. The van der Waals surface area contributed by atoms with Crippen molar-refractivity contribution < 1.29 is 4.52 Å². The Morgan fingerprint density at radius 3 is 2.67 bits per heavy atom. The Labute approximate surface area is 89.2 Å². The summed E-state index contributed by atoms with van der Waals surface area (Å²) < 4.78 is 5.33. The van der Waals surface area contributed by atoms with Crippen LogP contribution < -0.4 is 5.73 Å². The SMILES string of the molecule is N[C@H]1CCCC[C@H]1c1nc(C2CC2)no1. The molecule has 3 rings (SSSR count). The number of nitrogens with zero attached hydrogens (tertiary/aromatic N) is 2. The summed E-state index contributed by atoms with van der Waals surface area (Å²) >= 11 is 0. The predicted octanol–water partition coefficient (Wildman–Crippen LogP) is 1.93. The van der Waals surface area contributed by atoms with Crippen LogP contribution in [0.15, 0.2) is 4.52 Å². The maximum absolute atomic E-state index is 6.08. The average Bonchev–Trinajstić information content (AvgIpc) is 2.99. The van der Waals surface area contributed by atoms with Gasteiger partial charge in [-0.3, -0.25) is 0 Å². The van der Waals surface area contributed by atoms with Crippen molar-refractivity contribution in [2.45, 2.75) is 56.4 Å². The van der Waals surface area contributed by atoms with Gasteiger partial charge >= 0.3 is 0 Å². The maximum atomic E-state index is 6.08. The van der Waals surface area contributed by atoms with E-state index in [2.05, 4.69) is 10.1 Å². The van der Waals surface area contributed by atoms with Crippen LogP contribution in [0.1, 0.15) is 62.1 Å². The van der Waals surface area contributed by atoms with Crippen molar-refractivity contribution >= 4 is 0 Å². The van der Waals surface area contributed by atoms with Crippen molar-refractivity contribution in [3.8, 4) is 0 Å². The van der Waals surface area contributed by atoms with Crippen LogP contribution in [-0.2, 0) is 0 Å². The predicted molar refractivity (Wildman–Crippen MR) is 55.5 cm³/mol. The molecule has 0 radical (unpaired) electrons. The molecule has 0 amide bonds. The van der Waals surface area contributed by atoms with E-state index in [1.807, 2.05) is 0 Å². The Morgan fingerprint density at radius 2 is 1.93 bits per heavy atom. The van der Waals surface area contributed by atoms with Crippen LogP contribution in [0.4, 0.5) is 0 Å². The molecule has 4 nitrogen and oxygen atoms in total. The van der Waals surface area contributed by atoms with Crippen molar-refractivity contribution in [1.82, 2.24) is 10.1 Å². The first-order valence-corrected chi connectivity index (χ1v) is 5.93. The second-order valence-corrected chi connectivity index (χ2v) is 4.82. The van der Waals surface area contributed by atoms with E-state index in [0.29, 0.717) is 11.8 Å². The number of hydrogen-bond donors (Lipinski definition) is 1. The monoisotopic (exact) mass is 207 g/mol. The van der Waals surface area contributed by atoms with Crippen LogP contribution in [0.2, 0.25) is 0 Å². The highest BCUT2D eigenvalue weighted by Crippen LogP contribution is 2.39. The minimum absolute atomic E-state index is 0.214. The van der Waals surface area contributed by atoms with Crippen molar-refractivity contribution in [3.05, 3.63) is 11.7 Å². The molecule has 0 saturated heterocycles. The number of aromatic nitrogens is 2. The van der Waals surface area contributed by atoms with Gasteiger partial charge in [-0.25, -0.2) is 0 Å². The van der Waals surface area contributed by atoms with Crippen molar-refractivity contribution in [3.63, 3.8) is 0 Å². The normalized spacial score (nSPS) is 31.8. The van der Waals surface area contributed by atoms with Gasteiger partial charge in [0.25, 0.3) is 0 Å². The molecule has 2 saturated carbocycles. The molecule has 2 aliphatic rings. The lowest BCUT2D eigenvalue weighted by atomic mass is 9.85. The van der Waals surface area contributed by atoms with Crippen LogP contribution in [-0.4, -0.2) is 16.2 Å². The van der Waals surface area contributed by atoms with Crippen molar-refractivity contribution in [2.75, 3.05) is 0 Å². The molecule has 2 fully saturated rings. The molecule has 82 valence electrons. The fourth-order valence-corrected chi connectivity index (χ4v) is 2.37. The van der Waals surface area contributed by atoms with E-state index in [9.17, 15) is 0 Å². The molecular formula is C11H17N3O. The van der Waals surface area contributed by atoms with E-state index in [4.69, 9.17) is 10.3 Å². The second kappa shape index (κ2) is 3.59. The smallest absolute Gasteiger partial charge is 0.231 e. The van der Waals surface area contributed by atoms with Gasteiger partial charge in [-0.2, -0.15) is 4.98 Å². The second-order valence-electron chi connectivity index (χ2n) is 4.82. The van der Waals surface area contributed by atoms with Crippen LogP contribution in [0.5, 0.6) is 0 Å². The van der Waals surface area contributed by atoms with Gasteiger partial charge in [0.05, 0.1) is 5.92 Å². The first-order valence-electron chi connectivity index (χ1n) is 5.93. The Bertz CT molecular complexity index is 345. The summed E-state index contributed by atoms with van der Waals surface area (Å²) in [6, 6.07) is 0.214. The van der Waals surface area contributed by atoms with Gasteiger partial charge in [0.1, 0.15) is 0 Å². The largest absolute Gasteiger partial charge is 0.339 e. The standard InChI is InChI=1S/C11H17N3O/c12-9-4-2-1-3-8(9)11-13-10(14-15-11)7-5-6-7/h7-9H,1-6,12H2/t8-,9+/m1/s1. The zero-order chi connectivity index (χ0) is 10.3. The van der Waals surface area contributed by atoms with Crippen molar-refractivity contribution in [1.29, 1.82) is 0 Å². The third-order valence-electron chi connectivity index (χ3n) is 3.54. The highest BCUT2D eigenvalue weighted by Gasteiger charge is 2.32. The van der Waals surface area contributed by atoms with Crippen LogP contribution in [0, 0.1) is 0 Å². The van der Waals surface area contributed by atoms with Crippen LogP contribution in [0.3, 0.4) is 0 Å². The summed E-state index contributed by atoms with van der Waals surface area (Å²) in [5.74, 6) is 2.56. The van der Waals surface area contributed by atoms with E-state index in [1.165, 1.54) is 25.7 Å². The van der Waals surface area contributed by atoms with Crippen molar-refractivity contribution in [2.24, 2.45) is 5.73 Å². The Hall–Kier alpha value is -0.900. The van der Waals surface area contributed by atoms with E-state index < -0.39 is 0 Å². The molecule has 0 unspecified atom stereocenters. The molecule has 4 heteroatoms. The van der Waals surface area contributed by atoms with Gasteiger partial charge in [0, 0.05) is 12.0 Å². The highest BCUT2D eigenvalue weighted by molar-refractivity contribution is 5.07. The molecule has 2 aliphatic carbocycles. The molecule has 0 spiro atoms. The van der Waals surface area contributed by atoms with Crippen LogP contribution >= 0.6 is 0 Å². The fourth-order valence-electron chi connectivity index (χ4n) is 2.37. The third kappa shape index (κ3) is 1.78. The van der Waals surface area contributed by atoms with Gasteiger partial charge in [-0.1, -0.05) is 18.0 Å². The zero-order valence-corrected chi connectivity index (χ0v) is 8.85. The first kappa shape index (κ1) is 9.33. The zero-order valence-electron chi connectivity index (χ0n) is 8.85.